The monoisotopic (exact) mass is 239 g/mol. The number of likely N-dealkylation sites (tertiary alicyclic amines) is 1. The third kappa shape index (κ3) is 2.65. The van der Waals surface area contributed by atoms with Gasteiger partial charge in [-0.15, -0.1) is 0 Å². The number of rotatable bonds is 3. The van der Waals surface area contributed by atoms with Gasteiger partial charge >= 0.3 is 0 Å². The molecule has 1 aromatic carbocycles. The first-order valence-electron chi connectivity index (χ1n) is 5.82. The summed E-state index contributed by atoms with van der Waals surface area (Å²) in [4.78, 5) is 2.01. The van der Waals surface area contributed by atoms with Crippen molar-refractivity contribution in [1.82, 2.24) is 4.90 Å². The van der Waals surface area contributed by atoms with E-state index in [1.165, 1.54) is 12.1 Å². The molecule has 0 amide bonds. The summed E-state index contributed by atoms with van der Waals surface area (Å²) in [6.07, 6.45) is 0.138. The molecule has 1 aliphatic rings. The highest BCUT2D eigenvalue weighted by molar-refractivity contribution is 5.17. The molecule has 17 heavy (non-hydrogen) atoms. The molecule has 0 radical (unpaired) electrons. The van der Waals surface area contributed by atoms with Gasteiger partial charge in [0, 0.05) is 18.6 Å². The van der Waals surface area contributed by atoms with Gasteiger partial charge in [0.15, 0.2) is 0 Å². The molecule has 2 unspecified atom stereocenters. The Hall–Kier alpha value is -0.970. The summed E-state index contributed by atoms with van der Waals surface area (Å²) in [5.74, 6) is -0.257. The molecule has 0 saturated carbocycles. The number of nitrogens with zero attached hydrogens (tertiary/aromatic N) is 1. The lowest BCUT2D eigenvalue weighted by molar-refractivity contribution is 0.0733. The molecule has 1 heterocycles. The predicted octanol–water partition coefficient (Wildman–Crippen LogP) is 1.14. The summed E-state index contributed by atoms with van der Waals surface area (Å²) >= 11 is 0. The second-order valence-corrected chi connectivity index (χ2v) is 5.02. The summed E-state index contributed by atoms with van der Waals surface area (Å²) in [7, 11) is 0. The second-order valence-electron chi connectivity index (χ2n) is 5.02. The molecular formula is C13H18FNO2. The van der Waals surface area contributed by atoms with Crippen LogP contribution in [0, 0.1) is 5.82 Å². The Morgan fingerprint density at radius 3 is 2.94 bits per heavy atom. The van der Waals surface area contributed by atoms with Gasteiger partial charge in [0.1, 0.15) is 5.82 Å². The van der Waals surface area contributed by atoms with E-state index >= 15 is 0 Å². The van der Waals surface area contributed by atoms with Gasteiger partial charge in [-0.1, -0.05) is 12.1 Å². The van der Waals surface area contributed by atoms with Crippen molar-refractivity contribution in [2.24, 2.45) is 0 Å². The molecule has 1 saturated heterocycles. The molecule has 1 aromatic rings. The van der Waals surface area contributed by atoms with Crippen molar-refractivity contribution in [2.45, 2.75) is 31.5 Å². The van der Waals surface area contributed by atoms with Gasteiger partial charge < -0.3 is 10.2 Å². The molecule has 1 aliphatic heterocycles. The Kier molecular flexibility index (Phi) is 3.47. The lowest BCUT2D eigenvalue weighted by Gasteiger charge is -2.33. The zero-order valence-corrected chi connectivity index (χ0v) is 9.93. The van der Waals surface area contributed by atoms with Crippen LogP contribution in [0.2, 0.25) is 0 Å². The Bertz CT molecular complexity index is 399. The molecule has 2 atom stereocenters. The first-order valence-corrected chi connectivity index (χ1v) is 5.82. The van der Waals surface area contributed by atoms with E-state index in [2.05, 4.69) is 0 Å². The van der Waals surface area contributed by atoms with Gasteiger partial charge in [-0.25, -0.2) is 4.39 Å². The van der Waals surface area contributed by atoms with E-state index in [0.717, 1.165) is 5.56 Å². The Morgan fingerprint density at radius 1 is 1.53 bits per heavy atom. The minimum absolute atomic E-state index is 0.000619. The van der Waals surface area contributed by atoms with Gasteiger partial charge in [-0.2, -0.15) is 0 Å². The number of aliphatic hydroxyl groups excluding tert-OH is 2. The van der Waals surface area contributed by atoms with E-state index in [9.17, 15) is 14.6 Å². The van der Waals surface area contributed by atoms with Crippen LogP contribution in [0.1, 0.15) is 18.9 Å². The zero-order chi connectivity index (χ0) is 12.5. The fourth-order valence-corrected chi connectivity index (χ4v) is 2.45. The average molecular weight is 239 g/mol. The van der Waals surface area contributed by atoms with E-state index in [1.807, 2.05) is 17.9 Å². The quantitative estimate of drug-likeness (QED) is 0.831. The van der Waals surface area contributed by atoms with Crippen LogP contribution in [0.3, 0.4) is 0 Å². The van der Waals surface area contributed by atoms with Crippen LogP contribution in [0.5, 0.6) is 0 Å². The number of hydrogen-bond donors (Lipinski definition) is 2. The van der Waals surface area contributed by atoms with E-state index in [4.69, 9.17) is 0 Å². The predicted molar refractivity (Wildman–Crippen MR) is 62.9 cm³/mol. The average Bonchev–Trinajstić information content (AvgIpc) is 2.55. The molecular weight excluding hydrogens is 221 g/mol. The third-order valence-electron chi connectivity index (χ3n) is 3.47. The number of halogens is 1. The van der Waals surface area contributed by atoms with Crippen molar-refractivity contribution in [1.29, 1.82) is 0 Å². The molecule has 94 valence electrons. The first kappa shape index (κ1) is 12.5. The molecule has 2 N–H and O–H groups in total. The van der Waals surface area contributed by atoms with Crippen LogP contribution in [0.4, 0.5) is 4.39 Å². The summed E-state index contributed by atoms with van der Waals surface area (Å²) in [5, 5.41) is 19.1. The van der Waals surface area contributed by atoms with Crippen molar-refractivity contribution in [2.75, 3.05) is 13.2 Å². The normalized spacial score (nSPS) is 29.8. The highest BCUT2D eigenvalue weighted by atomic mass is 19.1. The molecule has 0 aliphatic carbocycles. The Balaban J connectivity index is 2.13. The molecule has 4 heteroatoms. The van der Waals surface area contributed by atoms with Gasteiger partial charge in [-0.05, 0) is 31.0 Å². The summed E-state index contributed by atoms with van der Waals surface area (Å²) < 4.78 is 13.1. The van der Waals surface area contributed by atoms with E-state index in [1.54, 1.807) is 6.07 Å². The first-order chi connectivity index (χ1) is 8.03. The molecule has 2 rings (SSSR count). The molecule has 0 aromatic heterocycles. The van der Waals surface area contributed by atoms with Crippen molar-refractivity contribution >= 4 is 0 Å². The second kappa shape index (κ2) is 4.72. The lowest BCUT2D eigenvalue weighted by Crippen LogP contribution is -2.43. The van der Waals surface area contributed by atoms with Crippen LogP contribution in [-0.2, 0) is 6.54 Å². The van der Waals surface area contributed by atoms with Gasteiger partial charge in [0.25, 0.3) is 0 Å². The van der Waals surface area contributed by atoms with E-state index in [0.29, 0.717) is 19.5 Å². The largest absolute Gasteiger partial charge is 0.394 e. The smallest absolute Gasteiger partial charge is 0.123 e. The minimum Gasteiger partial charge on any atom is -0.394 e. The van der Waals surface area contributed by atoms with Crippen molar-refractivity contribution < 1.29 is 14.6 Å². The van der Waals surface area contributed by atoms with Crippen LogP contribution < -0.4 is 0 Å². The van der Waals surface area contributed by atoms with Gasteiger partial charge in [-0.3, -0.25) is 4.90 Å². The maximum Gasteiger partial charge on any atom is 0.123 e. The Morgan fingerprint density at radius 2 is 2.29 bits per heavy atom. The van der Waals surface area contributed by atoms with Crippen LogP contribution in [0.25, 0.3) is 0 Å². The lowest BCUT2D eigenvalue weighted by atomic mass is 9.99. The van der Waals surface area contributed by atoms with E-state index < -0.39 is 11.6 Å². The summed E-state index contributed by atoms with van der Waals surface area (Å²) in [6.45, 7) is 2.99. The van der Waals surface area contributed by atoms with Gasteiger partial charge in [0.2, 0.25) is 0 Å². The highest BCUT2D eigenvalue weighted by Gasteiger charge is 2.40. The molecule has 3 nitrogen and oxygen atoms in total. The summed E-state index contributed by atoms with van der Waals surface area (Å²) in [5.41, 5.74) is 0.449. The molecule has 0 bridgehead atoms. The van der Waals surface area contributed by atoms with Crippen LogP contribution >= 0.6 is 0 Å². The molecule has 0 spiro atoms. The SMILES string of the molecule is CC1(CO)CC(O)CN1Cc1cccc(F)c1. The van der Waals surface area contributed by atoms with Crippen molar-refractivity contribution in [3.8, 4) is 0 Å². The maximum absolute atomic E-state index is 13.1. The minimum atomic E-state index is -0.416. The number of β-amino-alcohol motifs (C(OH)–C–C–N with tert-alkyl or cyclic N) is 1. The van der Waals surface area contributed by atoms with Crippen molar-refractivity contribution in [3.05, 3.63) is 35.6 Å². The summed E-state index contributed by atoms with van der Waals surface area (Å²) in [6, 6.07) is 6.43. The fraction of sp³-hybridized carbons (Fsp3) is 0.538. The topological polar surface area (TPSA) is 43.7 Å². The van der Waals surface area contributed by atoms with Gasteiger partial charge in [0.05, 0.1) is 12.7 Å². The number of hydrogen-bond acceptors (Lipinski definition) is 3. The zero-order valence-electron chi connectivity index (χ0n) is 9.93. The molecule has 1 fully saturated rings. The third-order valence-corrected chi connectivity index (χ3v) is 3.47. The van der Waals surface area contributed by atoms with Crippen molar-refractivity contribution in [3.63, 3.8) is 0 Å². The Labute approximate surface area is 100 Å². The highest BCUT2D eigenvalue weighted by Crippen LogP contribution is 2.30. The van der Waals surface area contributed by atoms with Crippen LogP contribution in [-0.4, -0.2) is 39.9 Å². The van der Waals surface area contributed by atoms with Crippen LogP contribution in [0.15, 0.2) is 24.3 Å². The maximum atomic E-state index is 13.1. The number of benzene rings is 1. The van der Waals surface area contributed by atoms with E-state index in [-0.39, 0.29) is 12.4 Å². The fourth-order valence-electron chi connectivity index (χ4n) is 2.45. The standard InChI is InChI=1S/C13H18FNO2/c1-13(9-16)6-12(17)8-15(13)7-10-3-2-4-11(14)5-10/h2-5,12,16-17H,6-9H2,1H3. The number of aliphatic hydroxyl groups is 2.